The Balaban J connectivity index is 2.14. The molecule has 0 aliphatic carbocycles. The summed E-state index contributed by atoms with van der Waals surface area (Å²) in [5.74, 6) is 0.422. The zero-order valence-electron chi connectivity index (χ0n) is 8.36. The van der Waals surface area contributed by atoms with E-state index in [4.69, 9.17) is 4.74 Å². The molecular weight excluding hydrogens is 182 g/mol. The van der Waals surface area contributed by atoms with Gasteiger partial charge in [0, 0.05) is 12.1 Å². The van der Waals surface area contributed by atoms with E-state index < -0.39 is 0 Å². The molecule has 2 heterocycles. The van der Waals surface area contributed by atoms with Crippen LogP contribution in [-0.4, -0.2) is 41.9 Å². The molecule has 5 nitrogen and oxygen atoms in total. The fraction of sp³-hybridized carbons (Fsp3) is 0.667. The Bertz CT molecular complexity index is 322. The lowest BCUT2D eigenvalue weighted by Crippen LogP contribution is -2.32. The summed E-state index contributed by atoms with van der Waals surface area (Å²) < 4.78 is 4.83. The summed E-state index contributed by atoms with van der Waals surface area (Å²) in [5.41, 5.74) is 1.06. The average molecular weight is 195 g/mol. The molecule has 5 heteroatoms. The van der Waals surface area contributed by atoms with Crippen LogP contribution < -0.4 is 0 Å². The van der Waals surface area contributed by atoms with Crippen molar-refractivity contribution in [1.29, 1.82) is 0 Å². The zero-order valence-corrected chi connectivity index (χ0v) is 8.36. The van der Waals surface area contributed by atoms with Crippen molar-refractivity contribution in [2.75, 3.05) is 13.3 Å². The molecule has 2 aliphatic rings. The van der Waals surface area contributed by atoms with Gasteiger partial charge in [-0.1, -0.05) is 0 Å². The van der Waals surface area contributed by atoms with Gasteiger partial charge in [0.25, 0.3) is 0 Å². The first-order valence-corrected chi connectivity index (χ1v) is 4.67. The molecule has 0 aromatic heterocycles. The van der Waals surface area contributed by atoms with E-state index in [0.29, 0.717) is 5.96 Å². The highest BCUT2D eigenvalue weighted by molar-refractivity contribution is 5.99. The maximum Gasteiger partial charge on any atom is 0.327 e. The van der Waals surface area contributed by atoms with Crippen LogP contribution in [0.3, 0.4) is 0 Å². The van der Waals surface area contributed by atoms with Gasteiger partial charge in [0.05, 0.1) is 6.04 Å². The lowest BCUT2D eigenvalue weighted by atomic mass is 10.1. The number of esters is 1. The van der Waals surface area contributed by atoms with E-state index in [1.807, 2.05) is 13.8 Å². The van der Waals surface area contributed by atoms with E-state index in [1.54, 1.807) is 4.90 Å². The molecule has 0 amide bonds. The molecule has 1 fully saturated rings. The minimum Gasteiger partial charge on any atom is -0.443 e. The summed E-state index contributed by atoms with van der Waals surface area (Å²) in [6.45, 7) is 4.56. The van der Waals surface area contributed by atoms with Crippen molar-refractivity contribution in [2.45, 2.75) is 26.3 Å². The normalized spacial score (nSPS) is 27.1. The lowest BCUT2D eigenvalue weighted by molar-refractivity contribution is -0.136. The van der Waals surface area contributed by atoms with Gasteiger partial charge in [0.2, 0.25) is 5.96 Å². The van der Waals surface area contributed by atoms with E-state index in [2.05, 4.69) is 9.98 Å². The van der Waals surface area contributed by atoms with Crippen molar-refractivity contribution < 1.29 is 9.53 Å². The van der Waals surface area contributed by atoms with Crippen LogP contribution in [0.1, 0.15) is 20.3 Å². The van der Waals surface area contributed by atoms with Crippen LogP contribution in [0.25, 0.3) is 0 Å². The van der Waals surface area contributed by atoms with Crippen molar-refractivity contribution in [3.8, 4) is 0 Å². The van der Waals surface area contributed by atoms with Crippen LogP contribution in [0, 0.1) is 0 Å². The largest absolute Gasteiger partial charge is 0.443 e. The quantitative estimate of drug-likeness (QED) is 0.526. The highest BCUT2D eigenvalue weighted by atomic mass is 16.6. The summed E-state index contributed by atoms with van der Waals surface area (Å²) in [6.07, 6.45) is 0.895. The average Bonchev–Trinajstić information content (AvgIpc) is 2.50. The number of hydrogen-bond donors (Lipinski definition) is 0. The molecule has 0 saturated carbocycles. The number of hydrogen-bond acceptors (Lipinski definition) is 5. The fourth-order valence-corrected chi connectivity index (χ4v) is 1.59. The Morgan fingerprint density at radius 3 is 2.93 bits per heavy atom. The van der Waals surface area contributed by atoms with Crippen molar-refractivity contribution in [2.24, 2.45) is 9.98 Å². The van der Waals surface area contributed by atoms with Crippen LogP contribution >= 0.6 is 0 Å². The first-order chi connectivity index (χ1) is 6.65. The van der Waals surface area contributed by atoms with Gasteiger partial charge in [-0.05, 0) is 13.8 Å². The molecule has 0 aromatic carbocycles. The molecule has 0 bridgehead atoms. The predicted molar refractivity (Wildman–Crippen MR) is 52.3 cm³/mol. The summed E-state index contributed by atoms with van der Waals surface area (Å²) in [4.78, 5) is 21.3. The summed E-state index contributed by atoms with van der Waals surface area (Å²) in [5, 5.41) is 0. The maximum atomic E-state index is 10.9. The molecule has 1 saturated heterocycles. The van der Waals surface area contributed by atoms with Gasteiger partial charge in [-0.25, -0.2) is 9.98 Å². The molecule has 0 spiro atoms. The number of carbonyl (C=O) groups is 1. The molecular formula is C9H13N3O2. The van der Waals surface area contributed by atoms with E-state index in [0.717, 1.165) is 12.1 Å². The number of ether oxygens (including phenoxy) is 1. The first kappa shape index (κ1) is 9.18. The highest BCUT2D eigenvalue weighted by Crippen LogP contribution is 2.12. The van der Waals surface area contributed by atoms with Crippen molar-refractivity contribution in [3.63, 3.8) is 0 Å². The van der Waals surface area contributed by atoms with Crippen molar-refractivity contribution in [3.05, 3.63) is 0 Å². The highest BCUT2D eigenvalue weighted by Gasteiger charge is 2.25. The Morgan fingerprint density at radius 1 is 1.57 bits per heavy atom. The van der Waals surface area contributed by atoms with E-state index in [1.165, 1.54) is 0 Å². The van der Waals surface area contributed by atoms with Gasteiger partial charge in [0.15, 0.2) is 6.73 Å². The fourth-order valence-electron chi connectivity index (χ4n) is 1.59. The molecule has 1 unspecified atom stereocenters. The van der Waals surface area contributed by atoms with Crippen LogP contribution in [0.2, 0.25) is 0 Å². The Hall–Kier alpha value is -1.39. The van der Waals surface area contributed by atoms with Gasteiger partial charge in [-0.15, -0.1) is 0 Å². The maximum absolute atomic E-state index is 10.9. The van der Waals surface area contributed by atoms with E-state index in [9.17, 15) is 4.79 Å². The Labute approximate surface area is 82.5 Å². The summed E-state index contributed by atoms with van der Waals surface area (Å²) >= 11 is 0. The second-order valence-corrected chi connectivity index (χ2v) is 3.67. The Morgan fingerprint density at radius 2 is 2.36 bits per heavy atom. The van der Waals surface area contributed by atoms with Crippen LogP contribution in [0.4, 0.5) is 0 Å². The number of rotatable bonds is 0. The minimum absolute atomic E-state index is 0.209. The first-order valence-electron chi connectivity index (χ1n) is 4.67. The topological polar surface area (TPSA) is 54.3 Å². The zero-order chi connectivity index (χ0) is 10.1. The van der Waals surface area contributed by atoms with Crippen LogP contribution in [-0.2, 0) is 9.53 Å². The monoisotopic (exact) mass is 195 g/mol. The molecule has 2 rings (SSSR count). The second kappa shape index (κ2) is 3.40. The lowest BCUT2D eigenvalue weighted by Gasteiger charge is -2.20. The number of aliphatic imine (C=N–C) groups is 2. The molecule has 0 radical (unpaired) electrons. The van der Waals surface area contributed by atoms with Gasteiger partial charge < -0.3 is 4.74 Å². The smallest absolute Gasteiger partial charge is 0.327 e. The van der Waals surface area contributed by atoms with Crippen molar-refractivity contribution in [1.82, 2.24) is 4.90 Å². The molecule has 2 aliphatic heterocycles. The van der Waals surface area contributed by atoms with Crippen molar-refractivity contribution >= 4 is 17.6 Å². The number of guanidine groups is 1. The third kappa shape index (κ3) is 1.76. The van der Waals surface area contributed by atoms with Crippen LogP contribution in [0.5, 0.6) is 0 Å². The third-order valence-electron chi connectivity index (χ3n) is 2.20. The predicted octanol–water partition coefficient (Wildman–Crippen LogP) is 0.412. The molecule has 0 N–H and O–H groups in total. The van der Waals surface area contributed by atoms with Gasteiger partial charge in [-0.3, -0.25) is 9.69 Å². The molecule has 76 valence electrons. The second-order valence-electron chi connectivity index (χ2n) is 3.67. The standard InChI is InChI=1S/C9H13N3O2/c1-6-3-7(2)11-9(10-6)12-4-8(13)14-5-12/h6H,3-5H2,1-2H3. The van der Waals surface area contributed by atoms with Crippen LogP contribution in [0.15, 0.2) is 9.98 Å². The SMILES string of the molecule is CC1=NC(N2COC(=O)C2)=NC(C)C1. The number of carbonyl (C=O) groups excluding carboxylic acids is 1. The molecule has 0 aromatic rings. The van der Waals surface area contributed by atoms with Gasteiger partial charge >= 0.3 is 5.97 Å². The third-order valence-corrected chi connectivity index (χ3v) is 2.20. The molecule has 14 heavy (non-hydrogen) atoms. The summed E-state index contributed by atoms with van der Waals surface area (Å²) in [6, 6.07) is 0.248. The minimum atomic E-state index is -0.209. The van der Waals surface area contributed by atoms with E-state index in [-0.39, 0.29) is 25.3 Å². The number of cyclic esters (lactones) is 1. The van der Waals surface area contributed by atoms with E-state index >= 15 is 0 Å². The van der Waals surface area contributed by atoms with Gasteiger partial charge in [-0.2, -0.15) is 0 Å². The Kier molecular flexibility index (Phi) is 2.23. The van der Waals surface area contributed by atoms with Gasteiger partial charge in [0.1, 0.15) is 6.54 Å². The molecule has 1 atom stereocenters. The number of nitrogens with zero attached hydrogens (tertiary/aromatic N) is 3. The summed E-state index contributed by atoms with van der Waals surface area (Å²) in [7, 11) is 0.